The van der Waals surface area contributed by atoms with Crippen molar-refractivity contribution in [2.24, 2.45) is 0 Å². The van der Waals surface area contributed by atoms with Crippen molar-refractivity contribution in [3.8, 4) is 11.5 Å². The van der Waals surface area contributed by atoms with Gasteiger partial charge in [0.1, 0.15) is 17.1 Å². The molecule has 3 rings (SSSR count). The Labute approximate surface area is 189 Å². The Morgan fingerprint density at radius 3 is 2.70 bits per heavy atom. The number of nitrogens with one attached hydrogen (secondary N) is 1. The number of hydrogen-bond acceptors (Lipinski definition) is 8. The van der Waals surface area contributed by atoms with E-state index < -0.39 is 28.7 Å². The minimum atomic E-state index is -1.27. The molecule has 0 fully saturated rings. The molecule has 0 radical (unpaired) electrons. The molecule has 0 spiro atoms. The van der Waals surface area contributed by atoms with Crippen LogP contribution in [0.4, 0.5) is 11.4 Å². The maximum Gasteiger partial charge on any atom is 0.339 e. The van der Waals surface area contributed by atoms with Gasteiger partial charge in [0, 0.05) is 30.1 Å². The van der Waals surface area contributed by atoms with E-state index in [2.05, 4.69) is 12.2 Å². The summed E-state index contributed by atoms with van der Waals surface area (Å²) in [6, 6.07) is 7.62. The molecule has 174 valence electrons. The molecule has 0 aromatic heterocycles. The molecule has 2 aromatic carbocycles. The van der Waals surface area contributed by atoms with E-state index in [-0.39, 0.29) is 28.1 Å². The summed E-state index contributed by atoms with van der Waals surface area (Å²) in [6.45, 7) is 2.44. The monoisotopic (exact) mass is 456 g/mol. The van der Waals surface area contributed by atoms with Crippen LogP contribution in [0.1, 0.15) is 53.3 Å². The number of benzene rings is 2. The number of hydrogen-bond donors (Lipinski definition) is 3. The zero-order valence-electron chi connectivity index (χ0n) is 17.9. The van der Waals surface area contributed by atoms with Gasteiger partial charge in [-0.05, 0) is 24.6 Å². The smallest absolute Gasteiger partial charge is 0.339 e. The molecule has 1 atom stereocenters. The summed E-state index contributed by atoms with van der Waals surface area (Å²) < 4.78 is 11.6. The Morgan fingerprint density at radius 2 is 2.03 bits per heavy atom. The molecule has 10 heteroatoms. The highest BCUT2D eigenvalue weighted by Crippen LogP contribution is 2.34. The molecular formula is C23H24N2O8. The zero-order valence-corrected chi connectivity index (χ0v) is 17.9. The number of unbranched alkanes of at least 4 members (excludes halogenated alkanes) is 3. The molecule has 1 aliphatic rings. The van der Waals surface area contributed by atoms with Crippen LogP contribution in [0.5, 0.6) is 11.5 Å². The van der Waals surface area contributed by atoms with E-state index in [1.807, 2.05) is 0 Å². The first-order valence-corrected chi connectivity index (χ1v) is 10.5. The standard InChI is InChI=1S/C23H24N2O8/c1-2-3-4-5-10-32-23-18(13-24-14-6-8-16(22(28)29)19(26)11-14)21(27)17-12-15(25(30)31)7-9-20(17)33-23/h6-9,11-13,23-24,26H,2-5,10H2,1H3,(H,28,29)/b18-13-/t23-/m1/s1. The number of nitrogens with zero attached hydrogens (tertiary/aromatic N) is 1. The molecule has 0 unspecified atom stereocenters. The van der Waals surface area contributed by atoms with Gasteiger partial charge in [0.15, 0.2) is 0 Å². The second kappa shape index (κ2) is 10.6. The van der Waals surface area contributed by atoms with Crippen LogP contribution in [0.2, 0.25) is 0 Å². The summed E-state index contributed by atoms with van der Waals surface area (Å²) >= 11 is 0. The van der Waals surface area contributed by atoms with Crippen molar-refractivity contribution < 1.29 is 34.2 Å². The van der Waals surface area contributed by atoms with E-state index in [0.717, 1.165) is 31.7 Å². The van der Waals surface area contributed by atoms with Crippen molar-refractivity contribution >= 4 is 23.1 Å². The minimum absolute atomic E-state index is 0.0344. The third-order valence-electron chi connectivity index (χ3n) is 5.06. The highest BCUT2D eigenvalue weighted by Gasteiger charge is 2.34. The zero-order chi connectivity index (χ0) is 24.0. The summed E-state index contributed by atoms with van der Waals surface area (Å²) in [5, 5.41) is 32.9. The number of phenols is 1. The molecule has 0 saturated heterocycles. The second-order valence-corrected chi connectivity index (χ2v) is 7.43. The van der Waals surface area contributed by atoms with Crippen molar-refractivity contribution in [3.63, 3.8) is 0 Å². The minimum Gasteiger partial charge on any atom is -0.507 e. The average molecular weight is 456 g/mol. The SMILES string of the molecule is CCCCCCO[C@@H]1Oc2ccc([N+](=O)[O-])cc2C(=O)/C1=C/Nc1ccc(C(=O)O)c(O)c1. The van der Waals surface area contributed by atoms with Crippen LogP contribution in [0.15, 0.2) is 48.2 Å². The number of non-ortho nitro benzene ring substituents is 1. The van der Waals surface area contributed by atoms with Crippen LogP contribution in [0, 0.1) is 10.1 Å². The van der Waals surface area contributed by atoms with Gasteiger partial charge in [-0.15, -0.1) is 0 Å². The number of rotatable bonds is 10. The maximum absolute atomic E-state index is 13.2. The lowest BCUT2D eigenvalue weighted by molar-refractivity contribution is -0.384. The highest BCUT2D eigenvalue weighted by molar-refractivity contribution is 6.12. The average Bonchev–Trinajstić information content (AvgIpc) is 2.78. The van der Waals surface area contributed by atoms with Crippen LogP contribution < -0.4 is 10.1 Å². The van der Waals surface area contributed by atoms with Crippen molar-refractivity contribution in [2.75, 3.05) is 11.9 Å². The second-order valence-electron chi connectivity index (χ2n) is 7.43. The third kappa shape index (κ3) is 5.66. The molecule has 33 heavy (non-hydrogen) atoms. The quantitative estimate of drug-likeness (QED) is 0.203. The molecule has 0 bridgehead atoms. The number of ether oxygens (including phenoxy) is 2. The number of aromatic hydroxyl groups is 1. The molecule has 3 N–H and O–H groups in total. The number of Topliss-reactive ketones (excluding diaryl/α,β-unsaturated/α-hetero) is 1. The van der Waals surface area contributed by atoms with Crippen LogP contribution >= 0.6 is 0 Å². The van der Waals surface area contributed by atoms with Crippen LogP contribution in [0.3, 0.4) is 0 Å². The van der Waals surface area contributed by atoms with Gasteiger partial charge in [-0.2, -0.15) is 0 Å². The Balaban J connectivity index is 1.87. The van der Waals surface area contributed by atoms with Crippen molar-refractivity contribution in [1.29, 1.82) is 0 Å². The van der Waals surface area contributed by atoms with Gasteiger partial charge in [-0.1, -0.05) is 26.2 Å². The maximum atomic E-state index is 13.2. The lowest BCUT2D eigenvalue weighted by atomic mass is 9.99. The number of carboxylic acid groups (broad SMARTS) is 1. The Morgan fingerprint density at radius 1 is 1.24 bits per heavy atom. The van der Waals surface area contributed by atoms with Gasteiger partial charge < -0.3 is 25.0 Å². The van der Waals surface area contributed by atoms with Crippen LogP contribution in [-0.4, -0.2) is 39.8 Å². The van der Waals surface area contributed by atoms with E-state index in [1.54, 1.807) is 0 Å². The predicted molar refractivity (Wildman–Crippen MR) is 119 cm³/mol. The number of anilines is 1. The van der Waals surface area contributed by atoms with E-state index in [0.29, 0.717) is 12.3 Å². The number of fused-ring (bicyclic) bond motifs is 1. The molecule has 2 aromatic rings. The first-order valence-electron chi connectivity index (χ1n) is 10.5. The molecule has 1 aliphatic heterocycles. The normalized spacial score (nSPS) is 16.2. The largest absolute Gasteiger partial charge is 0.507 e. The molecule has 0 saturated carbocycles. The molecule has 10 nitrogen and oxygen atoms in total. The fourth-order valence-corrected chi connectivity index (χ4v) is 3.29. The van der Waals surface area contributed by atoms with Gasteiger partial charge in [-0.25, -0.2) is 4.79 Å². The number of carboxylic acids is 1. The van der Waals surface area contributed by atoms with E-state index in [9.17, 15) is 24.8 Å². The van der Waals surface area contributed by atoms with E-state index in [4.69, 9.17) is 14.6 Å². The van der Waals surface area contributed by atoms with Crippen LogP contribution in [-0.2, 0) is 4.74 Å². The Bertz CT molecular complexity index is 1100. The van der Waals surface area contributed by atoms with Gasteiger partial charge >= 0.3 is 5.97 Å². The fraction of sp³-hybridized carbons (Fsp3) is 0.304. The summed E-state index contributed by atoms with van der Waals surface area (Å²) in [5.74, 6) is -2.04. The first kappa shape index (κ1) is 23.7. The molecule has 0 aliphatic carbocycles. The molecular weight excluding hydrogens is 432 g/mol. The van der Waals surface area contributed by atoms with E-state index in [1.165, 1.54) is 36.5 Å². The molecule has 1 heterocycles. The highest BCUT2D eigenvalue weighted by atomic mass is 16.7. The fourth-order valence-electron chi connectivity index (χ4n) is 3.29. The number of nitro groups is 1. The number of carbonyl (C=O) groups is 2. The van der Waals surface area contributed by atoms with Gasteiger partial charge in [-0.3, -0.25) is 14.9 Å². The summed E-state index contributed by atoms with van der Waals surface area (Å²) in [6.07, 6.45) is 4.16. The number of aromatic carboxylic acids is 1. The lowest BCUT2D eigenvalue weighted by Crippen LogP contribution is -2.33. The number of carbonyl (C=O) groups excluding carboxylic acids is 1. The van der Waals surface area contributed by atoms with Crippen LogP contribution in [0.25, 0.3) is 0 Å². The molecule has 0 amide bonds. The number of ketones is 1. The van der Waals surface area contributed by atoms with Crippen molar-refractivity contribution in [2.45, 2.75) is 38.9 Å². The Hall–Kier alpha value is -3.92. The third-order valence-corrected chi connectivity index (χ3v) is 5.06. The van der Waals surface area contributed by atoms with Crippen molar-refractivity contribution in [3.05, 3.63) is 69.4 Å². The number of nitro benzene ring substituents is 1. The topological polar surface area (TPSA) is 148 Å². The summed E-state index contributed by atoms with van der Waals surface area (Å²) in [5.41, 5.74) is -0.0669. The summed E-state index contributed by atoms with van der Waals surface area (Å²) in [7, 11) is 0. The Kier molecular flexibility index (Phi) is 7.62. The van der Waals surface area contributed by atoms with E-state index >= 15 is 0 Å². The first-order chi connectivity index (χ1) is 15.8. The lowest BCUT2D eigenvalue weighted by Gasteiger charge is -2.27. The van der Waals surface area contributed by atoms with Gasteiger partial charge in [0.25, 0.3) is 5.69 Å². The van der Waals surface area contributed by atoms with Gasteiger partial charge in [0.05, 0.1) is 22.7 Å². The predicted octanol–water partition coefficient (Wildman–Crippen LogP) is 4.49. The summed E-state index contributed by atoms with van der Waals surface area (Å²) in [4.78, 5) is 34.7. The van der Waals surface area contributed by atoms with Gasteiger partial charge in [0.2, 0.25) is 12.1 Å². The van der Waals surface area contributed by atoms with Crippen molar-refractivity contribution in [1.82, 2.24) is 0 Å².